The molecule has 0 aliphatic heterocycles. The lowest BCUT2D eigenvalue weighted by atomic mass is 10.2. The van der Waals surface area contributed by atoms with Crippen molar-refractivity contribution in [1.82, 2.24) is 10.0 Å². The van der Waals surface area contributed by atoms with Crippen molar-refractivity contribution in [3.05, 3.63) is 35.6 Å². The Morgan fingerprint density at radius 3 is 2.45 bits per heavy atom. The normalized spacial score (nSPS) is 12.9. The second-order valence-electron chi connectivity index (χ2n) is 4.51. The van der Waals surface area contributed by atoms with E-state index in [2.05, 4.69) is 10.0 Å². The summed E-state index contributed by atoms with van der Waals surface area (Å²) < 4.78 is 38.5. The molecule has 0 saturated heterocycles. The molecule has 0 heterocycles. The van der Waals surface area contributed by atoms with E-state index in [-0.39, 0.29) is 18.3 Å². The fourth-order valence-electron chi connectivity index (χ4n) is 1.45. The van der Waals surface area contributed by atoms with Gasteiger partial charge in [-0.15, -0.1) is 0 Å². The van der Waals surface area contributed by atoms with Crippen LogP contribution in [0.25, 0.3) is 0 Å². The van der Waals surface area contributed by atoms with E-state index in [1.54, 1.807) is 6.92 Å². The molecule has 7 heteroatoms. The molecule has 1 aromatic carbocycles. The Hall–Kier alpha value is -1.47. The van der Waals surface area contributed by atoms with Crippen molar-refractivity contribution in [3.8, 4) is 0 Å². The molecule has 0 spiro atoms. The van der Waals surface area contributed by atoms with E-state index in [0.717, 1.165) is 0 Å². The van der Waals surface area contributed by atoms with Crippen LogP contribution in [0.3, 0.4) is 0 Å². The van der Waals surface area contributed by atoms with Crippen molar-refractivity contribution in [1.29, 1.82) is 0 Å². The van der Waals surface area contributed by atoms with Gasteiger partial charge < -0.3 is 5.32 Å². The molecule has 0 radical (unpaired) electrons. The van der Waals surface area contributed by atoms with Crippen LogP contribution in [0, 0.1) is 5.82 Å². The second-order valence-corrected chi connectivity index (χ2v) is 6.38. The highest BCUT2D eigenvalue weighted by atomic mass is 32.2. The Bertz CT molecular complexity index is 543. The lowest BCUT2D eigenvalue weighted by Crippen LogP contribution is -2.38. The Kier molecular flexibility index (Phi) is 6.09. The molecule has 1 rings (SSSR count). The van der Waals surface area contributed by atoms with Gasteiger partial charge in [-0.1, -0.05) is 6.92 Å². The van der Waals surface area contributed by atoms with E-state index >= 15 is 0 Å². The fraction of sp³-hybridized carbons (Fsp3) is 0.462. The molecule has 0 saturated carbocycles. The average Bonchev–Trinajstić information content (AvgIpc) is 2.38. The summed E-state index contributed by atoms with van der Waals surface area (Å²) in [6.07, 6.45) is 0.696. The number of carbonyl (C=O) groups is 1. The number of amides is 1. The van der Waals surface area contributed by atoms with Gasteiger partial charge in [-0.05, 0) is 37.6 Å². The Labute approximate surface area is 118 Å². The van der Waals surface area contributed by atoms with Gasteiger partial charge in [-0.3, -0.25) is 4.79 Å². The van der Waals surface area contributed by atoms with Crippen LogP contribution in [0.4, 0.5) is 4.39 Å². The van der Waals surface area contributed by atoms with Crippen LogP contribution in [0.5, 0.6) is 0 Å². The number of rotatable bonds is 7. The maximum Gasteiger partial charge on any atom is 0.251 e. The third-order valence-corrected chi connectivity index (χ3v) is 4.26. The number of sulfonamides is 1. The fourth-order valence-corrected chi connectivity index (χ4v) is 2.72. The monoisotopic (exact) mass is 302 g/mol. The predicted molar refractivity (Wildman–Crippen MR) is 75.4 cm³/mol. The second kappa shape index (κ2) is 7.35. The van der Waals surface area contributed by atoms with E-state index < -0.39 is 21.7 Å². The van der Waals surface area contributed by atoms with E-state index in [0.29, 0.717) is 12.0 Å². The van der Waals surface area contributed by atoms with Crippen molar-refractivity contribution < 1.29 is 17.6 Å². The quantitative estimate of drug-likeness (QED) is 0.796. The van der Waals surface area contributed by atoms with Crippen LogP contribution < -0.4 is 10.0 Å². The van der Waals surface area contributed by atoms with Crippen LogP contribution in [0.1, 0.15) is 30.6 Å². The summed E-state index contributed by atoms with van der Waals surface area (Å²) in [6, 6.07) is 4.91. The van der Waals surface area contributed by atoms with Gasteiger partial charge in [0.25, 0.3) is 5.91 Å². The SMILES string of the molecule is CC[C@H](C)NS(=O)(=O)CCNC(=O)c1ccc(F)cc1. The van der Waals surface area contributed by atoms with Gasteiger partial charge in [-0.25, -0.2) is 17.5 Å². The number of hydrogen-bond acceptors (Lipinski definition) is 3. The molecule has 1 atom stereocenters. The first-order valence-corrected chi connectivity index (χ1v) is 8.03. The Morgan fingerprint density at radius 1 is 1.30 bits per heavy atom. The number of halogens is 1. The minimum atomic E-state index is -3.40. The van der Waals surface area contributed by atoms with Crippen molar-refractivity contribution in [2.75, 3.05) is 12.3 Å². The van der Waals surface area contributed by atoms with Crippen molar-refractivity contribution in [3.63, 3.8) is 0 Å². The first-order valence-electron chi connectivity index (χ1n) is 6.38. The van der Waals surface area contributed by atoms with Crippen LogP contribution in [0.15, 0.2) is 24.3 Å². The number of nitrogens with one attached hydrogen (secondary N) is 2. The molecular weight excluding hydrogens is 283 g/mol. The largest absolute Gasteiger partial charge is 0.351 e. The average molecular weight is 302 g/mol. The van der Waals surface area contributed by atoms with Crippen LogP contribution in [0.2, 0.25) is 0 Å². The van der Waals surface area contributed by atoms with E-state index in [4.69, 9.17) is 0 Å². The molecular formula is C13H19FN2O3S. The molecule has 0 bridgehead atoms. The minimum Gasteiger partial charge on any atom is -0.351 e. The summed E-state index contributed by atoms with van der Waals surface area (Å²) >= 11 is 0. The third kappa shape index (κ3) is 5.66. The molecule has 0 aliphatic carbocycles. The Morgan fingerprint density at radius 2 is 1.90 bits per heavy atom. The maximum absolute atomic E-state index is 12.7. The van der Waals surface area contributed by atoms with Gasteiger partial charge in [0.05, 0.1) is 5.75 Å². The highest BCUT2D eigenvalue weighted by Crippen LogP contribution is 2.02. The van der Waals surface area contributed by atoms with E-state index in [1.165, 1.54) is 24.3 Å². The summed E-state index contributed by atoms with van der Waals surface area (Å²) in [5, 5.41) is 2.49. The summed E-state index contributed by atoms with van der Waals surface area (Å²) in [6.45, 7) is 3.65. The van der Waals surface area contributed by atoms with E-state index in [1.807, 2.05) is 6.92 Å². The third-order valence-electron chi connectivity index (χ3n) is 2.76. The molecule has 20 heavy (non-hydrogen) atoms. The number of hydrogen-bond donors (Lipinski definition) is 2. The zero-order valence-corrected chi connectivity index (χ0v) is 12.3. The topological polar surface area (TPSA) is 75.3 Å². The van der Waals surface area contributed by atoms with Gasteiger partial charge in [0, 0.05) is 18.2 Å². The summed E-state index contributed by atoms with van der Waals surface area (Å²) in [7, 11) is -3.40. The lowest BCUT2D eigenvalue weighted by molar-refractivity contribution is 0.0956. The zero-order valence-electron chi connectivity index (χ0n) is 11.5. The van der Waals surface area contributed by atoms with Crippen molar-refractivity contribution in [2.24, 2.45) is 0 Å². The van der Waals surface area contributed by atoms with Crippen LogP contribution in [-0.2, 0) is 10.0 Å². The van der Waals surface area contributed by atoms with Gasteiger partial charge in [-0.2, -0.15) is 0 Å². The standard InChI is InChI=1S/C13H19FN2O3S/c1-3-10(2)16-20(18,19)9-8-15-13(17)11-4-6-12(14)7-5-11/h4-7,10,16H,3,8-9H2,1-2H3,(H,15,17)/t10-/m0/s1. The summed E-state index contributed by atoms with van der Waals surface area (Å²) in [5.74, 6) is -1.05. The van der Waals surface area contributed by atoms with Gasteiger partial charge in [0.15, 0.2) is 0 Å². The summed E-state index contributed by atoms with van der Waals surface area (Å²) in [5.41, 5.74) is 0.290. The van der Waals surface area contributed by atoms with Crippen LogP contribution in [-0.4, -0.2) is 32.7 Å². The smallest absolute Gasteiger partial charge is 0.251 e. The molecule has 5 nitrogen and oxygen atoms in total. The first-order chi connectivity index (χ1) is 9.34. The van der Waals surface area contributed by atoms with Gasteiger partial charge in [0.1, 0.15) is 5.82 Å². The van der Waals surface area contributed by atoms with Crippen LogP contribution >= 0.6 is 0 Å². The molecule has 2 N–H and O–H groups in total. The highest BCUT2D eigenvalue weighted by Gasteiger charge is 2.14. The molecule has 0 fully saturated rings. The first kappa shape index (κ1) is 16.6. The molecule has 1 aromatic rings. The minimum absolute atomic E-state index is 0.00196. The maximum atomic E-state index is 12.7. The molecule has 0 aliphatic rings. The highest BCUT2D eigenvalue weighted by molar-refractivity contribution is 7.89. The number of benzene rings is 1. The molecule has 0 unspecified atom stereocenters. The zero-order chi connectivity index (χ0) is 15.2. The lowest BCUT2D eigenvalue weighted by Gasteiger charge is -2.12. The number of carbonyl (C=O) groups excluding carboxylic acids is 1. The molecule has 112 valence electrons. The van der Waals surface area contributed by atoms with Crippen molar-refractivity contribution >= 4 is 15.9 Å². The van der Waals surface area contributed by atoms with Gasteiger partial charge in [0.2, 0.25) is 10.0 Å². The van der Waals surface area contributed by atoms with Crippen molar-refractivity contribution in [2.45, 2.75) is 26.3 Å². The van der Waals surface area contributed by atoms with E-state index in [9.17, 15) is 17.6 Å². The molecule has 0 aromatic heterocycles. The predicted octanol–water partition coefficient (Wildman–Crippen LogP) is 1.27. The van der Waals surface area contributed by atoms with Gasteiger partial charge >= 0.3 is 0 Å². The Balaban J connectivity index is 2.44. The molecule has 1 amide bonds. The summed E-state index contributed by atoms with van der Waals surface area (Å²) in [4.78, 5) is 11.7.